The van der Waals surface area contributed by atoms with Gasteiger partial charge in [0, 0.05) is 22.6 Å². The number of carbonyl (C=O) groups is 1. The maximum Gasteiger partial charge on any atom is 0.254 e. The average Bonchev–Trinajstić information content (AvgIpc) is 2.41. The number of halogens is 1. The molecule has 1 heterocycles. The molecule has 1 saturated heterocycles. The molecule has 1 aliphatic rings. The molecule has 1 fully saturated rings. The largest absolute Gasteiger partial charge is 0.336 e. The lowest BCUT2D eigenvalue weighted by molar-refractivity contribution is 0.0607. The minimum absolute atomic E-state index is 0.195. The van der Waals surface area contributed by atoms with Crippen molar-refractivity contribution >= 4 is 21.8 Å². The van der Waals surface area contributed by atoms with E-state index in [0.717, 1.165) is 41.4 Å². The summed E-state index contributed by atoms with van der Waals surface area (Å²) < 4.78 is 1.01. The molecular formula is C15H20BrNO. The summed E-state index contributed by atoms with van der Waals surface area (Å²) in [4.78, 5) is 14.7. The number of piperidine rings is 1. The maximum atomic E-state index is 12.6. The first kappa shape index (κ1) is 13.6. The van der Waals surface area contributed by atoms with Crippen molar-refractivity contribution in [3.05, 3.63) is 33.8 Å². The number of likely N-dealkylation sites (tertiary alicyclic amines) is 1. The molecule has 1 amide bonds. The van der Waals surface area contributed by atoms with Crippen LogP contribution in [0.15, 0.2) is 22.7 Å². The molecule has 1 unspecified atom stereocenters. The molecule has 3 heteroatoms. The zero-order chi connectivity index (χ0) is 13.1. The van der Waals surface area contributed by atoms with Gasteiger partial charge in [-0.3, -0.25) is 4.79 Å². The third kappa shape index (κ3) is 2.61. The molecule has 1 atom stereocenters. The van der Waals surface area contributed by atoms with Crippen molar-refractivity contribution in [1.82, 2.24) is 4.90 Å². The van der Waals surface area contributed by atoms with E-state index in [0.29, 0.717) is 6.04 Å². The Balaban J connectivity index is 2.27. The van der Waals surface area contributed by atoms with Gasteiger partial charge in [-0.05, 0) is 50.3 Å². The third-order valence-corrected chi connectivity index (χ3v) is 4.72. The van der Waals surface area contributed by atoms with E-state index in [1.165, 1.54) is 6.42 Å². The molecule has 0 spiro atoms. The smallest absolute Gasteiger partial charge is 0.254 e. The fraction of sp³-hybridized carbons (Fsp3) is 0.533. The van der Waals surface area contributed by atoms with Crippen LogP contribution in [0, 0.1) is 6.92 Å². The number of hydrogen-bond donors (Lipinski definition) is 0. The fourth-order valence-corrected chi connectivity index (χ4v) is 3.05. The number of benzene rings is 1. The highest BCUT2D eigenvalue weighted by atomic mass is 79.9. The second-order valence-corrected chi connectivity index (χ2v) is 5.82. The van der Waals surface area contributed by atoms with Gasteiger partial charge < -0.3 is 4.90 Å². The van der Waals surface area contributed by atoms with Crippen molar-refractivity contribution in [2.75, 3.05) is 6.54 Å². The summed E-state index contributed by atoms with van der Waals surface area (Å²) in [7, 11) is 0. The Labute approximate surface area is 117 Å². The molecule has 0 N–H and O–H groups in total. The van der Waals surface area contributed by atoms with Gasteiger partial charge in [-0.15, -0.1) is 0 Å². The van der Waals surface area contributed by atoms with E-state index in [9.17, 15) is 4.79 Å². The van der Waals surface area contributed by atoms with Gasteiger partial charge in [-0.25, -0.2) is 0 Å². The molecule has 0 radical (unpaired) electrons. The van der Waals surface area contributed by atoms with Crippen LogP contribution in [0.25, 0.3) is 0 Å². The summed E-state index contributed by atoms with van der Waals surface area (Å²) in [5.41, 5.74) is 1.88. The van der Waals surface area contributed by atoms with E-state index in [1.54, 1.807) is 0 Å². The van der Waals surface area contributed by atoms with E-state index in [2.05, 4.69) is 27.8 Å². The van der Waals surface area contributed by atoms with Crippen LogP contribution in [0.4, 0.5) is 0 Å². The first-order valence-corrected chi connectivity index (χ1v) is 7.50. The van der Waals surface area contributed by atoms with Gasteiger partial charge in [0.2, 0.25) is 0 Å². The van der Waals surface area contributed by atoms with Crippen LogP contribution in [0.1, 0.15) is 48.5 Å². The van der Waals surface area contributed by atoms with Crippen molar-refractivity contribution in [3.8, 4) is 0 Å². The number of rotatable bonds is 2. The highest BCUT2D eigenvalue weighted by Gasteiger charge is 2.27. The lowest BCUT2D eigenvalue weighted by Gasteiger charge is -2.35. The van der Waals surface area contributed by atoms with Crippen molar-refractivity contribution in [2.45, 2.75) is 45.6 Å². The SMILES string of the molecule is CCC1CCCCN1C(=O)c1cccc(Br)c1C. The summed E-state index contributed by atoms with van der Waals surface area (Å²) >= 11 is 3.50. The highest BCUT2D eigenvalue weighted by molar-refractivity contribution is 9.10. The van der Waals surface area contributed by atoms with E-state index in [4.69, 9.17) is 0 Å². The Hall–Kier alpha value is -0.830. The molecule has 2 rings (SSSR count). The van der Waals surface area contributed by atoms with Crippen molar-refractivity contribution in [3.63, 3.8) is 0 Å². The van der Waals surface area contributed by atoms with Gasteiger partial charge in [-0.2, -0.15) is 0 Å². The van der Waals surface area contributed by atoms with Gasteiger partial charge in [0.05, 0.1) is 0 Å². The Bertz CT molecular complexity index is 444. The van der Waals surface area contributed by atoms with Crippen molar-refractivity contribution < 1.29 is 4.79 Å². The molecule has 98 valence electrons. The Kier molecular flexibility index (Phi) is 4.44. The quantitative estimate of drug-likeness (QED) is 0.803. The summed E-state index contributed by atoms with van der Waals surface area (Å²) in [6, 6.07) is 6.28. The summed E-state index contributed by atoms with van der Waals surface area (Å²) in [5, 5.41) is 0. The third-order valence-electron chi connectivity index (χ3n) is 3.86. The van der Waals surface area contributed by atoms with E-state index in [-0.39, 0.29) is 5.91 Å². The molecule has 0 aromatic heterocycles. The minimum Gasteiger partial charge on any atom is -0.336 e. The van der Waals surface area contributed by atoms with E-state index >= 15 is 0 Å². The monoisotopic (exact) mass is 309 g/mol. The number of hydrogen-bond acceptors (Lipinski definition) is 1. The molecule has 1 aromatic rings. The average molecular weight is 310 g/mol. The lowest BCUT2D eigenvalue weighted by Crippen LogP contribution is -2.43. The fourth-order valence-electron chi connectivity index (χ4n) is 2.69. The van der Waals surface area contributed by atoms with Crippen molar-refractivity contribution in [1.29, 1.82) is 0 Å². The van der Waals surface area contributed by atoms with Crippen LogP contribution in [0.5, 0.6) is 0 Å². The first-order valence-electron chi connectivity index (χ1n) is 6.71. The summed E-state index contributed by atoms with van der Waals surface area (Å²) in [5.74, 6) is 0.195. The molecule has 18 heavy (non-hydrogen) atoms. The minimum atomic E-state index is 0.195. The number of nitrogens with zero attached hydrogens (tertiary/aromatic N) is 1. The van der Waals surface area contributed by atoms with Crippen LogP contribution in [0.3, 0.4) is 0 Å². The zero-order valence-corrected chi connectivity index (χ0v) is 12.7. The predicted octanol–water partition coefficient (Wildman–Crippen LogP) is 4.16. The Morgan fingerprint density at radius 2 is 2.22 bits per heavy atom. The van der Waals surface area contributed by atoms with Crippen LogP contribution < -0.4 is 0 Å². The topological polar surface area (TPSA) is 20.3 Å². The van der Waals surface area contributed by atoms with E-state index in [1.807, 2.05) is 25.1 Å². The Morgan fingerprint density at radius 3 is 2.94 bits per heavy atom. The van der Waals surface area contributed by atoms with Gasteiger partial charge in [-0.1, -0.05) is 28.9 Å². The van der Waals surface area contributed by atoms with Crippen LogP contribution in [-0.2, 0) is 0 Å². The number of carbonyl (C=O) groups excluding carboxylic acids is 1. The van der Waals surface area contributed by atoms with Gasteiger partial charge in [0.1, 0.15) is 0 Å². The predicted molar refractivity (Wildman–Crippen MR) is 77.8 cm³/mol. The van der Waals surface area contributed by atoms with Gasteiger partial charge in [0.15, 0.2) is 0 Å². The molecule has 0 saturated carbocycles. The maximum absolute atomic E-state index is 12.6. The van der Waals surface area contributed by atoms with Crippen molar-refractivity contribution in [2.24, 2.45) is 0 Å². The molecule has 1 aromatic carbocycles. The van der Waals surface area contributed by atoms with Crippen LogP contribution in [0.2, 0.25) is 0 Å². The lowest BCUT2D eigenvalue weighted by atomic mass is 9.98. The normalized spacial score (nSPS) is 19.9. The second-order valence-electron chi connectivity index (χ2n) is 4.97. The van der Waals surface area contributed by atoms with Crippen LogP contribution >= 0.6 is 15.9 Å². The summed E-state index contributed by atoms with van der Waals surface area (Å²) in [6.07, 6.45) is 4.59. The Morgan fingerprint density at radius 1 is 1.44 bits per heavy atom. The van der Waals surface area contributed by atoms with Crippen LogP contribution in [-0.4, -0.2) is 23.4 Å². The second kappa shape index (κ2) is 5.87. The molecule has 0 bridgehead atoms. The molecule has 0 aliphatic carbocycles. The van der Waals surface area contributed by atoms with Gasteiger partial charge in [0.25, 0.3) is 5.91 Å². The first-order chi connectivity index (χ1) is 8.65. The molecule has 2 nitrogen and oxygen atoms in total. The standard InChI is InChI=1S/C15H20BrNO/c1-3-12-7-4-5-10-17(12)15(18)13-8-6-9-14(16)11(13)2/h6,8-9,12H,3-5,7,10H2,1-2H3. The number of amides is 1. The molecule has 1 aliphatic heterocycles. The highest BCUT2D eigenvalue weighted by Crippen LogP contribution is 2.25. The zero-order valence-electron chi connectivity index (χ0n) is 11.1. The summed E-state index contributed by atoms with van der Waals surface area (Å²) in [6.45, 7) is 5.08. The van der Waals surface area contributed by atoms with Gasteiger partial charge >= 0.3 is 0 Å². The van der Waals surface area contributed by atoms with E-state index < -0.39 is 0 Å². The molecular weight excluding hydrogens is 290 g/mol.